The molecule has 2 aliphatic rings. The van der Waals surface area contributed by atoms with Gasteiger partial charge in [-0.05, 0) is 12.1 Å². The summed E-state index contributed by atoms with van der Waals surface area (Å²) < 4.78 is 21.4. The first-order valence-corrected chi connectivity index (χ1v) is 12.2. The van der Waals surface area contributed by atoms with Crippen LogP contribution in [0.4, 0.5) is 4.79 Å². The number of ether oxygens (including phenoxy) is 4. The van der Waals surface area contributed by atoms with Crippen molar-refractivity contribution in [2.75, 3.05) is 13.2 Å². The molecule has 1 amide bonds. The molecule has 0 radical (unpaired) electrons. The first-order valence-electron chi connectivity index (χ1n) is 10.2. The van der Waals surface area contributed by atoms with Crippen molar-refractivity contribution >= 4 is 52.7 Å². The molecule has 0 aromatic heterocycles. The van der Waals surface area contributed by atoms with E-state index in [4.69, 9.17) is 53.8 Å². The topological polar surface area (TPSA) is 86.3 Å². The zero-order chi connectivity index (χ0) is 23.4. The molecule has 0 saturated carbocycles. The van der Waals surface area contributed by atoms with Gasteiger partial charge < -0.3 is 29.4 Å². The summed E-state index contributed by atoms with van der Waals surface area (Å²) in [5.41, 5.74) is 0.167. The highest BCUT2D eigenvalue weighted by molar-refractivity contribution is 7.99. The van der Waals surface area contributed by atoms with Crippen molar-refractivity contribution in [3.8, 4) is 0 Å². The first kappa shape index (κ1) is 24.9. The third-order valence-electron chi connectivity index (χ3n) is 5.08. The van der Waals surface area contributed by atoms with Crippen molar-refractivity contribution in [1.82, 2.24) is 5.32 Å². The van der Waals surface area contributed by atoms with Crippen LogP contribution in [0.15, 0.2) is 65.6 Å². The van der Waals surface area contributed by atoms with Crippen LogP contribution < -0.4 is 5.32 Å². The predicted octanol–water partition coefficient (Wildman–Crippen LogP) is 4.44. The van der Waals surface area contributed by atoms with Gasteiger partial charge in [-0.1, -0.05) is 95.1 Å². The number of hydrogen-bond acceptors (Lipinski definition) is 7. The summed E-state index contributed by atoms with van der Waals surface area (Å²) in [5.74, 6) is 0. The van der Waals surface area contributed by atoms with Gasteiger partial charge in [0.2, 0.25) is 3.79 Å². The Hall–Kier alpha value is -1.23. The normalized spacial score (nSPS) is 29.7. The van der Waals surface area contributed by atoms with Crippen LogP contribution >= 0.6 is 46.6 Å². The van der Waals surface area contributed by atoms with Crippen LogP contribution in [0.25, 0.3) is 0 Å². The molecule has 4 rings (SSSR count). The van der Waals surface area contributed by atoms with Gasteiger partial charge in [0.1, 0.15) is 30.4 Å². The van der Waals surface area contributed by atoms with Gasteiger partial charge in [-0.2, -0.15) is 0 Å². The molecule has 2 heterocycles. The Morgan fingerprint density at radius 2 is 1.76 bits per heavy atom. The van der Waals surface area contributed by atoms with Crippen molar-refractivity contribution in [1.29, 1.82) is 0 Å². The van der Waals surface area contributed by atoms with E-state index >= 15 is 0 Å². The van der Waals surface area contributed by atoms with Crippen LogP contribution in [-0.4, -0.2) is 58.0 Å². The fourth-order valence-electron chi connectivity index (χ4n) is 3.58. The monoisotopic (exact) mass is 533 g/mol. The van der Waals surface area contributed by atoms with Gasteiger partial charge in [-0.15, -0.1) is 0 Å². The fraction of sp³-hybridized carbons (Fsp3) is 0.409. The zero-order valence-electron chi connectivity index (χ0n) is 17.2. The lowest BCUT2D eigenvalue weighted by Crippen LogP contribution is -2.65. The third-order valence-corrected chi connectivity index (χ3v) is 6.59. The quantitative estimate of drug-likeness (QED) is 0.548. The summed E-state index contributed by atoms with van der Waals surface area (Å²) in [6, 6.07) is 18.0. The van der Waals surface area contributed by atoms with Crippen molar-refractivity contribution in [2.24, 2.45) is 0 Å². The summed E-state index contributed by atoms with van der Waals surface area (Å²) in [6.07, 6.45) is -3.90. The molecule has 2 aromatic carbocycles. The number of fused-ring (bicyclic) bond motifs is 1. The molecule has 6 atom stereocenters. The lowest BCUT2D eigenvalue weighted by atomic mass is 9.97. The van der Waals surface area contributed by atoms with E-state index in [2.05, 4.69) is 5.32 Å². The molecule has 2 aliphatic heterocycles. The van der Waals surface area contributed by atoms with Gasteiger partial charge in [0.05, 0.1) is 12.6 Å². The highest BCUT2D eigenvalue weighted by Crippen LogP contribution is 2.39. The minimum Gasteiger partial charge on any atom is -0.445 e. The Labute approximate surface area is 210 Å². The van der Waals surface area contributed by atoms with E-state index in [0.29, 0.717) is 0 Å². The first-order chi connectivity index (χ1) is 15.8. The average Bonchev–Trinajstić information content (AvgIpc) is 2.81. The number of nitrogens with one attached hydrogen (secondary N) is 1. The van der Waals surface area contributed by atoms with E-state index in [1.807, 2.05) is 60.7 Å². The highest BCUT2D eigenvalue weighted by atomic mass is 35.6. The lowest BCUT2D eigenvalue weighted by Gasteiger charge is -2.47. The molecule has 7 nitrogen and oxygen atoms in total. The summed E-state index contributed by atoms with van der Waals surface area (Å²) >= 11 is 18.3. The Bertz CT molecular complexity index is 919. The summed E-state index contributed by atoms with van der Waals surface area (Å²) in [4.78, 5) is 13.3. The second-order valence-corrected chi connectivity index (χ2v) is 11.2. The van der Waals surface area contributed by atoms with Crippen LogP contribution in [0.1, 0.15) is 11.9 Å². The minimum absolute atomic E-state index is 0.220. The predicted molar refractivity (Wildman–Crippen MR) is 126 cm³/mol. The molecule has 33 heavy (non-hydrogen) atoms. The molecule has 11 heteroatoms. The van der Waals surface area contributed by atoms with E-state index in [-0.39, 0.29) is 6.61 Å². The molecule has 0 spiro atoms. The molecular weight excluding hydrogens is 513 g/mol. The number of halogens is 3. The Kier molecular flexibility index (Phi) is 8.30. The smallest absolute Gasteiger partial charge is 0.407 e. The second kappa shape index (κ2) is 11.0. The number of alkyl halides is 3. The van der Waals surface area contributed by atoms with Crippen LogP contribution in [0, 0.1) is 0 Å². The Balaban J connectivity index is 1.51. The molecule has 178 valence electrons. The van der Waals surface area contributed by atoms with E-state index in [9.17, 15) is 9.90 Å². The maximum atomic E-state index is 12.4. The van der Waals surface area contributed by atoms with E-state index in [0.717, 1.165) is 10.5 Å². The molecule has 2 N–H and O–H groups in total. The molecule has 0 aliphatic carbocycles. The molecular formula is C22H22Cl3NO6S. The number of thioether (sulfide) groups is 1. The van der Waals surface area contributed by atoms with Gasteiger partial charge in [-0.3, -0.25) is 0 Å². The van der Waals surface area contributed by atoms with Gasteiger partial charge >= 0.3 is 6.09 Å². The summed E-state index contributed by atoms with van der Waals surface area (Å²) in [5, 5.41) is 13.9. The molecule has 2 saturated heterocycles. The number of rotatable bonds is 5. The van der Waals surface area contributed by atoms with Gasteiger partial charge in [0, 0.05) is 10.5 Å². The van der Waals surface area contributed by atoms with E-state index in [1.54, 1.807) is 0 Å². The van der Waals surface area contributed by atoms with Gasteiger partial charge in [0.25, 0.3) is 0 Å². The van der Waals surface area contributed by atoms with E-state index < -0.39 is 52.6 Å². The fourth-order valence-corrected chi connectivity index (χ4v) is 4.90. The molecule has 0 bridgehead atoms. The Morgan fingerprint density at radius 1 is 1.09 bits per heavy atom. The van der Waals surface area contributed by atoms with Crippen molar-refractivity contribution in [3.05, 3.63) is 66.2 Å². The second-order valence-electron chi connectivity index (χ2n) is 7.50. The summed E-state index contributed by atoms with van der Waals surface area (Å²) in [7, 11) is 0. The largest absolute Gasteiger partial charge is 0.445 e. The van der Waals surface area contributed by atoms with E-state index in [1.165, 1.54) is 11.8 Å². The minimum atomic E-state index is -1.75. The van der Waals surface area contributed by atoms with Crippen LogP contribution in [0.2, 0.25) is 0 Å². The third kappa shape index (κ3) is 6.68. The number of alkyl carbamates (subject to hydrolysis) is 1. The SMILES string of the molecule is O=C(NC1[C@@H](O)[C@H]2OC(c3ccccc3)OCC2O[C@H]1Sc1ccccc1)OCC(Cl)(Cl)Cl. The number of carbonyl (C=O) groups is 1. The number of aliphatic hydroxyl groups is 1. The number of hydrogen-bond donors (Lipinski definition) is 2. The number of benzene rings is 2. The maximum Gasteiger partial charge on any atom is 0.407 e. The average molecular weight is 535 g/mol. The van der Waals surface area contributed by atoms with Crippen LogP contribution in [0.5, 0.6) is 0 Å². The van der Waals surface area contributed by atoms with Gasteiger partial charge in [0.15, 0.2) is 6.29 Å². The van der Waals surface area contributed by atoms with Crippen molar-refractivity contribution in [2.45, 2.75) is 44.8 Å². The number of carbonyl (C=O) groups excluding carboxylic acids is 1. The number of amides is 1. The number of aliphatic hydroxyl groups excluding tert-OH is 1. The zero-order valence-corrected chi connectivity index (χ0v) is 20.3. The van der Waals surface area contributed by atoms with Gasteiger partial charge in [-0.25, -0.2) is 4.79 Å². The van der Waals surface area contributed by atoms with Crippen LogP contribution in [0.3, 0.4) is 0 Å². The molecule has 2 aromatic rings. The van der Waals surface area contributed by atoms with Crippen LogP contribution in [-0.2, 0) is 18.9 Å². The molecule has 3 unspecified atom stereocenters. The highest BCUT2D eigenvalue weighted by Gasteiger charge is 2.50. The Morgan fingerprint density at radius 3 is 2.42 bits per heavy atom. The maximum absolute atomic E-state index is 12.4. The van der Waals surface area contributed by atoms with Crippen molar-refractivity contribution in [3.63, 3.8) is 0 Å². The molecule has 2 fully saturated rings. The summed E-state index contributed by atoms with van der Waals surface area (Å²) in [6.45, 7) is -0.228. The lowest BCUT2D eigenvalue weighted by molar-refractivity contribution is -0.306. The standard InChI is InChI=1S/C22H22Cl3NO6S/c23-22(24,25)12-30-21(28)26-16-17(27)18-15(31-20(16)33-14-9-5-2-6-10-14)11-29-19(32-18)13-7-3-1-4-8-13/h1-10,15-20,27H,11-12H2,(H,26,28)/t15?,16?,17-,18+,19?,20+/m1/s1. The van der Waals surface area contributed by atoms with Crippen molar-refractivity contribution < 1.29 is 28.8 Å².